The van der Waals surface area contributed by atoms with Gasteiger partial charge in [-0.3, -0.25) is 29.0 Å². The van der Waals surface area contributed by atoms with Gasteiger partial charge in [0.1, 0.15) is 29.6 Å². The lowest BCUT2D eigenvalue weighted by Crippen LogP contribution is -2.33. The second-order valence-corrected chi connectivity index (χ2v) is 13.1. The number of rotatable bonds is 10. The van der Waals surface area contributed by atoms with E-state index >= 15 is 8.78 Å². The SMILES string of the molecule is O=C(C[C@@H](Cc1cc(F)cc(F)c1)c1nc(-c2cc[nH]c(=O)c2)ccc1-c1cnc2c(c1)C(=O)CC2)Cn1nc(C(F)F)c2c1C(F)(F)CCC2(F)F. The van der Waals surface area contributed by atoms with Crippen molar-refractivity contribution in [1.82, 2.24) is 24.7 Å². The fourth-order valence-electron chi connectivity index (χ4n) is 7.07. The number of aryl methyl sites for hydroxylation is 1. The molecule has 0 unspecified atom stereocenters. The zero-order valence-corrected chi connectivity index (χ0v) is 27.4. The molecule has 1 N–H and O–H groups in total. The van der Waals surface area contributed by atoms with E-state index in [1.54, 1.807) is 24.3 Å². The standard InChI is InChI=1S/C37H27F8N5O3/c38-22-10-18(11-23(39)15-22)9-20(12-24(51)17-50-34-31(33(49-50)35(40)41)36(42,43)6-7-37(34,44)45)32-25(21-13-26-28(47-16-21)3-4-29(26)52)1-2-27(48-32)19-5-8-46-30(53)14-19/h1-2,5,8,10-11,13-16,20,35H,3-4,6-7,9,12,17H2,(H,46,53)/t20-/m1/s1. The van der Waals surface area contributed by atoms with E-state index in [9.17, 15) is 40.7 Å². The number of nitrogens with zero attached hydrogens (tertiary/aromatic N) is 4. The highest BCUT2D eigenvalue weighted by molar-refractivity contribution is 6.00. The lowest BCUT2D eigenvalue weighted by molar-refractivity contribution is -0.121. The second-order valence-electron chi connectivity index (χ2n) is 13.1. The van der Waals surface area contributed by atoms with Crippen LogP contribution in [0.2, 0.25) is 0 Å². The largest absolute Gasteiger partial charge is 0.329 e. The summed E-state index contributed by atoms with van der Waals surface area (Å²) in [4.78, 5) is 50.3. The summed E-state index contributed by atoms with van der Waals surface area (Å²) in [6.07, 6.45) is -3.81. The number of H-pyrrole nitrogens is 1. The molecule has 1 atom stereocenters. The van der Waals surface area contributed by atoms with E-state index in [1.165, 1.54) is 18.5 Å². The Morgan fingerprint density at radius 3 is 2.32 bits per heavy atom. The molecule has 16 heteroatoms. The Kier molecular flexibility index (Phi) is 9.10. The minimum Gasteiger partial charge on any atom is -0.329 e. The lowest BCUT2D eigenvalue weighted by atomic mass is 9.86. The summed E-state index contributed by atoms with van der Waals surface area (Å²) >= 11 is 0. The monoisotopic (exact) mass is 741 g/mol. The van der Waals surface area contributed by atoms with E-state index < -0.39 is 89.9 Å². The number of hydrogen-bond donors (Lipinski definition) is 1. The summed E-state index contributed by atoms with van der Waals surface area (Å²) in [5, 5.41) is 3.38. The molecular formula is C37H27F8N5O3. The van der Waals surface area contributed by atoms with Crippen LogP contribution in [-0.2, 0) is 36.0 Å². The fraction of sp³-hybridized carbons (Fsp3) is 0.297. The van der Waals surface area contributed by atoms with Gasteiger partial charge in [0.25, 0.3) is 18.3 Å². The van der Waals surface area contributed by atoms with Crippen molar-refractivity contribution in [3.8, 4) is 22.4 Å². The van der Waals surface area contributed by atoms with Crippen molar-refractivity contribution in [2.75, 3.05) is 0 Å². The third kappa shape index (κ3) is 7.01. The minimum absolute atomic E-state index is 0.0551. The number of alkyl halides is 6. The molecule has 53 heavy (non-hydrogen) atoms. The highest BCUT2D eigenvalue weighted by Gasteiger charge is 2.55. The first-order valence-electron chi connectivity index (χ1n) is 16.4. The molecule has 7 rings (SSSR count). The Balaban J connectivity index is 1.36. The molecule has 5 aromatic rings. The van der Waals surface area contributed by atoms with Gasteiger partial charge in [-0.1, -0.05) is 6.07 Å². The van der Waals surface area contributed by atoms with Crippen molar-refractivity contribution < 1.29 is 44.7 Å². The molecule has 0 amide bonds. The number of carbonyl (C=O) groups is 2. The van der Waals surface area contributed by atoms with Gasteiger partial charge < -0.3 is 4.98 Å². The second kappa shape index (κ2) is 13.5. The first-order valence-corrected chi connectivity index (χ1v) is 16.4. The smallest absolute Gasteiger partial charge is 0.290 e. The van der Waals surface area contributed by atoms with Crippen LogP contribution >= 0.6 is 0 Å². The molecule has 1 aromatic carbocycles. The number of fused-ring (bicyclic) bond motifs is 2. The summed E-state index contributed by atoms with van der Waals surface area (Å²) in [6, 6.07) is 10.2. The molecule has 4 aromatic heterocycles. The highest BCUT2D eigenvalue weighted by atomic mass is 19.3. The number of pyridine rings is 3. The van der Waals surface area contributed by atoms with Gasteiger partial charge in [-0.2, -0.15) is 13.9 Å². The zero-order valence-electron chi connectivity index (χ0n) is 27.4. The summed E-state index contributed by atoms with van der Waals surface area (Å²) in [7, 11) is 0. The maximum absolute atomic E-state index is 15.1. The third-order valence-corrected chi connectivity index (χ3v) is 9.41. The van der Waals surface area contributed by atoms with Crippen LogP contribution in [0, 0.1) is 11.6 Å². The van der Waals surface area contributed by atoms with E-state index in [4.69, 9.17) is 4.98 Å². The Hall–Kier alpha value is -5.54. The lowest BCUT2D eigenvalue weighted by Gasteiger charge is -2.29. The number of aromatic nitrogens is 5. The maximum Gasteiger partial charge on any atom is 0.290 e. The van der Waals surface area contributed by atoms with Gasteiger partial charge in [-0.05, 0) is 48.7 Å². The van der Waals surface area contributed by atoms with Gasteiger partial charge >= 0.3 is 0 Å². The third-order valence-electron chi connectivity index (χ3n) is 9.41. The number of hydrogen-bond acceptors (Lipinski definition) is 6. The normalized spacial score (nSPS) is 16.4. The molecule has 0 fully saturated rings. The highest BCUT2D eigenvalue weighted by Crippen LogP contribution is 2.52. The molecule has 0 saturated carbocycles. The van der Waals surface area contributed by atoms with E-state index in [1.807, 2.05) is 0 Å². The predicted octanol–water partition coefficient (Wildman–Crippen LogP) is 8.00. The van der Waals surface area contributed by atoms with Crippen LogP contribution in [0.25, 0.3) is 22.4 Å². The zero-order chi connectivity index (χ0) is 37.8. The maximum atomic E-state index is 15.1. The first kappa shape index (κ1) is 35.8. The summed E-state index contributed by atoms with van der Waals surface area (Å²) in [5.74, 6) is -12.2. The molecule has 8 nitrogen and oxygen atoms in total. The van der Waals surface area contributed by atoms with Gasteiger partial charge in [-0.25, -0.2) is 26.3 Å². The Morgan fingerprint density at radius 2 is 1.60 bits per heavy atom. The van der Waals surface area contributed by atoms with E-state index in [-0.39, 0.29) is 40.3 Å². The molecule has 0 saturated heterocycles. The number of Topliss-reactive ketones (excluding diaryl/α,β-unsaturated/α-hetero) is 2. The molecule has 2 aliphatic rings. The quantitative estimate of drug-likeness (QED) is 0.145. The Labute approximate surface area is 294 Å². The van der Waals surface area contributed by atoms with Crippen molar-refractivity contribution >= 4 is 11.6 Å². The van der Waals surface area contributed by atoms with Crippen molar-refractivity contribution in [2.24, 2.45) is 0 Å². The van der Waals surface area contributed by atoms with Crippen LogP contribution in [0.15, 0.2) is 65.7 Å². The number of carbonyl (C=O) groups excluding carboxylic acids is 2. The number of aromatic amines is 1. The van der Waals surface area contributed by atoms with Crippen molar-refractivity contribution in [2.45, 2.75) is 69.3 Å². The average molecular weight is 742 g/mol. The topological polar surface area (TPSA) is 111 Å². The van der Waals surface area contributed by atoms with Gasteiger partial charge in [0.2, 0.25) is 5.56 Å². The fourth-order valence-corrected chi connectivity index (χ4v) is 7.07. The molecule has 2 aliphatic carbocycles. The predicted molar refractivity (Wildman–Crippen MR) is 173 cm³/mol. The van der Waals surface area contributed by atoms with Crippen molar-refractivity contribution in [3.05, 3.63) is 122 Å². The molecule has 0 spiro atoms. The minimum atomic E-state index is -4.06. The van der Waals surface area contributed by atoms with Crippen molar-refractivity contribution in [3.63, 3.8) is 0 Å². The number of halogens is 8. The summed E-state index contributed by atoms with van der Waals surface area (Å²) in [6.45, 7) is -1.12. The summed E-state index contributed by atoms with van der Waals surface area (Å²) in [5.41, 5.74) is -2.74. The molecule has 0 aliphatic heterocycles. The van der Waals surface area contributed by atoms with Crippen LogP contribution in [0.1, 0.15) is 82.3 Å². The van der Waals surface area contributed by atoms with Crippen LogP contribution in [-0.4, -0.2) is 36.3 Å². The van der Waals surface area contributed by atoms with Crippen LogP contribution in [0.4, 0.5) is 35.1 Å². The van der Waals surface area contributed by atoms with Gasteiger partial charge in [0.05, 0.1) is 22.6 Å². The van der Waals surface area contributed by atoms with Crippen LogP contribution in [0.3, 0.4) is 0 Å². The molecule has 274 valence electrons. The number of benzene rings is 1. The molecular weight excluding hydrogens is 714 g/mol. The Bertz CT molecular complexity index is 2320. The number of ketones is 2. The Morgan fingerprint density at radius 1 is 0.868 bits per heavy atom. The number of nitrogens with one attached hydrogen (secondary N) is 1. The summed E-state index contributed by atoms with van der Waals surface area (Å²) < 4.78 is 117. The van der Waals surface area contributed by atoms with Gasteiger partial charge in [0.15, 0.2) is 11.6 Å². The first-order chi connectivity index (χ1) is 25.1. The van der Waals surface area contributed by atoms with E-state index in [0.29, 0.717) is 40.4 Å². The van der Waals surface area contributed by atoms with E-state index in [2.05, 4.69) is 15.1 Å². The molecule has 0 radical (unpaired) electrons. The van der Waals surface area contributed by atoms with Crippen LogP contribution in [0.5, 0.6) is 0 Å². The van der Waals surface area contributed by atoms with Gasteiger partial charge in [0, 0.05) is 78.4 Å². The average Bonchev–Trinajstić information content (AvgIpc) is 3.68. The van der Waals surface area contributed by atoms with Crippen molar-refractivity contribution in [1.29, 1.82) is 0 Å². The van der Waals surface area contributed by atoms with Crippen LogP contribution < -0.4 is 5.56 Å². The van der Waals surface area contributed by atoms with E-state index in [0.717, 1.165) is 12.1 Å². The van der Waals surface area contributed by atoms with Gasteiger partial charge in [-0.15, -0.1) is 0 Å². The molecule has 0 bridgehead atoms. The molecule has 4 heterocycles.